The zero-order valence-electron chi connectivity index (χ0n) is 14.8. The van der Waals surface area contributed by atoms with E-state index in [0.29, 0.717) is 11.1 Å². The van der Waals surface area contributed by atoms with E-state index in [2.05, 4.69) is 4.40 Å². The normalized spacial score (nSPS) is 13.2. The zero-order valence-corrected chi connectivity index (χ0v) is 15.6. The molecule has 6 nitrogen and oxygen atoms in total. The standard InChI is InChI=1S/C20H18FN3O3S/c21-17-11-12-18(23-28(26,27)14-15-7-3-1-4-8-15)24(13-17)19(20(22)25)16-9-5-2-6-10-16/h1-13,19H,14H2,(H2,22,25). The monoisotopic (exact) mass is 399 g/mol. The molecule has 144 valence electrons. The maximum atomic E-state index is 13.9. The molecule has 3 aromatic rings. The summed E-state index contributed by atoms with van der Waals surface area (Å²) in [5, 5.41) is 0. The smallest absolute Gasteiger partial charge is 0.259 e. The van der Waals surface area contributed by atoms with E-state index < -0.39 is 27.8 Å². The lowest BCUT2D eigenvalue weighted by Crippen LogP contribution is -2.35. The quantitative estimate of drug-likeness (QED) is 0.688. The van der Waals surface area contributed by atoms with Gasteiger partial charge in [-0.15, -0.1) is 4.40 Å². The first-order valence-corrected chi connectivity index (χ1v) is 10.0. The number of carbonyl (C=O) groups is 1. The molecule has 0 aliphatic heterocycles. The Morgan fingerprint density at radius 3 is 2.21 bits per heavy atom. The van der Waals surface area contributed by atoms with Gasteiger partial charge in [-0.25, -0.2) is 12.8 Å². The first-order valence-electron chi connectivity index (χ1n) is 8.40. The van der Waals surface area contributed by atoms with Crippen LogP contribution in [0, 0.1) is 5.82 Å². The van der Waals surface area contributed by atoms with Crippen molar-refractivity contribution in [2.75, 3.05) is 0 Å². The maximum Gasteiger partial charge on any atom is 0.259 e. The van der Waals surface area contributed by atoms with Crippen LogP contribution < -0.4 is 11.2 Å². The second-order valence-corrected chi connectivity index (χ2v) is 7.77. The fourth-order valence-electron chi connectivity index (χ4n) is 2.82. The highest BCUT2D eigenvalue weighted by Crippen LogP contribution is 2.17. The molecule has 0 spiro atoms. The van der Waals surface area contributed by atoms with Crippen LogP contribution in [0.25, 0.3) is 0 Å². The molecule has 0 saturated heterocycles. The fraction of sp³-hybridized carbons (Fsp3) is 0.100. The molecule has 0 bridgehead atoms. The summed E-state index contributed by atoms with van der Waals surface area (Å²) in [5.41, 5.74) is 6.49. The van der Waals surface area contributed by atoms with Gasteiger partial charge in [-0.1, -0.05) is 60.7 Å². The van der Waals surface area contributed by atoms with Gasteiger partial charge in [-0.2, -0.15) is 0 Å². The van der Waals surface area contributed by atoms with Crippen molar-refractivity contribution in [3.8, 4) is 0 Å². The van der Waals surface area contributed by atoms with Crippen molar-refractivity contribution < 1.29 is 17.6 Å². The molecule has 1 aromatic heterocycles. The summed E-state index contributed by atoms with van der Waals surface area (Å²) in [6, 6.07) is 18.2. The van der Waals surface area contributed by atoms with Crippen LogP contribution in [0.5, 0.6) is 0 Å². The SMILES string of the molecule is NC(=O)C(c1ccccc1)n1cc(F)ccc1=NS(=O)(=O)Cc1ccccc1. The lowest BCUT2D eigenvalue weighted by atomic mass is 10.1. The van der Waals surface area contributed by atoms with E-state index in [0.717, 1.165) is 16.8 Å². The lowest BCUT2D eigenvalue weighted by Gasteiger charge is -2.18. The largest absolute Gasteiger partial charge is 0.368 e. The number of halogens is 1. The number of amides is 1. The fourth-order valence-corrected chi connectivity index (χ4v) is 3.94. The van der Waals surface area contributed by atoms with Crippen molar-refractivity contribution in [1.82, 2.24) is 4.57 Å². The van der Waals surface area contributed by atoms with Crippen LogP contribution in [-0.2, 0) is 20.6 Å². The minimum absolute atomic E-state index is 0.0926. The number of sulfonamides is 1. The Hall–Kier alpha value is -3.26. The number of hydrogen-bond acceptors (Lipinski definition) is 3. The molecule has 0 aliphatic carbocycles. The van der Waals surface area contributed by atoms with Gasteiger partial charge in [0.25, 0.3) is 10.0 Å². The highest BCUT2D eigenvalue weighted by molar-refractivity contribution is 7.89. The second-order valence-electron chi connectivity index (χ2n) is 6.13. The second kappa shape index (κ2) is 8.18. The average molecular weight is 399 g/mol. The number of nitrogens with two attached hydrogens (primary N) is 1. The topological polar surface area (TPSA) is 94.5 Å². The molecule has 3 rings (SSSR count). The first kappa shape index (κ1) is 19.5. The van der Waals surface area contributed by atoms with Crippen LogP contribution in [0.15, 0.2) is 83.4 Å². The van der Waals surface area contributed by atoms with E-state index in [9.17, 15) is 17.6 Å². The molecule has 8 heteroatoms. The first-order chi connectivity index (χ1) is 13.4. The molecule has 1 unspecified atom stereocenters. The maximum absolute atomic E-state index is 13.9. The molecule has 2 N–H and O–H groups in total. The van der Waals surface area contributed by atoms with Crippen LogP contribution in [-0.4, -0.2) is 18.9 Å². The van der Waals surface area contributed by atoms with Gasteiger partial charge in [0.05, 0.1) is 5.75 Å². The van der Waals surface area contributed by atoms with Crippen LogP contribution in [0.4, 0.5) is 4.39 Å². The van der Waals surface area contributed by atoms with Crippen LogP contribution in [0.2, 0.25) is 0 Å². The van der Waals surface area contributed by atoms with Crippen LogP contribution >= 0.6 is 0 Å². The number of pyridine rings is 1. The molecule has 0 aliphatic rings. The number of nitrogens with zero attached hydrogens (tertiary/aromatic N) is 2. The lowest BCUT2D eigenvalue weighted by molar-refractivity contribution is -0.120. The third kappa shape index (κ3) is 4.72. The molecule has 1 amide bonds. The predicted molar refractivity (Wildman–Crippen MR) is 103 cm³/mol. The molecule has 2 aromatic carbocycles. The Bertz CT molecular complexity index is 1140. The van der Waals surface area contributed by atoms with Gasteiger partial charge in [-0.05, 0) is 23.3 Å². The van der Waals surface area contributed by atoms with Gasteiger partial charge < -0.3 is 10.3 Å². The third-order valence-corrected chi connectivity index (χ3v) is 5.17. The van der Waals surface area contributed by atoms with Gasteiger partial charge >= 0.3 is 0 Å². The van der Waals surface area contributed by atoms with E-state index in [4.69, 9.17) is 5.73 Å². The molecule has 0 fully saturated rings. The molecule has 0 saturated carbocycles. The van der Waals surface area contributed by atoms with E-state index in [1.165, 1.54) is 6.07 Å². The summed E-state index contributed by atoms with van der Waals surface area (Å²) < 4.78 is 43.9. The average Bonchev–Trinajstić information content (AvgIpc) is 2.65. The van der Waals surface area contributed by atoms with E-state index in [-0.39, 0.29) is 11.2 Å². The Morgan fingerprint density at radius 1 is 1.00 bits per heavy atom. The van der Waals surface area contributed by atoms with Crippen molar-refractivity contribution in [2.24, 2.45) is 10.1 Å². The van der Waals surface area contributed by atoms with E-state index in [1.807, 2.05) is 0 Å². The number of aromatic nitrogens is 1. The summed E-state index contributed by atoms with van der Waals surface area (Å²) in [5.74, 6) is -1.74. The Balaban J connectivity index is 2.12. The Labute approximate surface area is 161 Å². The predicted octanol–water partition coefficient (Wildman–Crippen LogP) is 2.13. The van der Waals surface area contributed by atoms with Gasteiger partial charge in [0, 0.05) is 6.20 Å². The number of primary amides is 1. The van der Waals surface area contributed by atoms with Gasteiger partial charge in [0.2, 0.25) is 5.91 Å². The Morgan fingerprint density at radius 2 is 1.61 bits per heavy atom. The number of rotatable bonds is 6. The third-order valence-electron chi connectivity index (χ3n) is 4.01. The molecular weight excluding hydrogens is 381 g/mol. The minimum Gasteiger partial charge on any atom is -0.368 e. The molecule has 1 heterocycles. The van der Waals surface area contributed by atoms with Crippen molar-refractivity contribution >= 4 is 15.9 Å². The van der Waals surface area contributed by atoms with E-state index >= 15 is 0 Å². The highest BCUT2D eigenvalue weighted by atomic mass is 32.2. The molecule has 1 atom stereocenters. The molecule has 0 radical (unpaired) electrons. The van der Waals surface area contributed by atoms with Crippen molar-refractivity contribution in [3.05, 3.63) is 101 Å². The highest BCUT2D eigenvalue weighted by Gasteiger charge is 2.21. The van der Waals surface area contributed by atoms with E-state index in [1.54, 1.807) is 60.7 Å². The van der Waals surface area contributed by atoms with Crippen LogP contribution in [0.3, 0.4) is 0 Å². The van der Waals surface area contributed by atoms with Crippen molar-refractivity contribution in [1.29, 1.82) is 0 Å². The zero-order chi connectivity index (χ0) is 20.1. The van der Waals surface area contributed by atoms with Crippen molar-refractivity contribution in [2.45, 2.75) is 11.8 Å². The minimum atomic E-state index is -3.93. The van der Waals surface area contributed by atoms with Gasteiger partial charge in [-0.3, -0.25) is 4.79 Å². The van der Waals surface area contributed by atoms with Gasteiger partial charge in [0.1, 0.15) is 17.3 Å². The summed E-state index contributed by atoms with van der Waals surface area (Å²) in [6.45, 7) is 0. The molecule has 28 heavy (non-hydrogen) atoms. The molecular formula is C20H18FN3O3S. The Kier molecular flexibility index (Phi) is 5.70. The summed E-state index contributed by atoms with van der Waals surface area (Å²) in [6.07, 6.45) is 1.01. The number of hydrogen-bond donors (Lipinski definition) is 1. The number of benzene rings is 2. The number of carbonyl (C=O) groups excluding carboxylic acids is 1. The summed E-state index contributed by atoms with van der Waals surface area (Å²) in [4.78, 5) is 12.1. The van der Waals surface area contributed by atoms with Crippen LogP contribution in [0.1, 0.15) is 17.2 Å². The summed E-state index contributed by atoms with van der Waals surface area (Å²) in [7, 11) is -3.93. The van der Waals surface area contributed by atoms with Crippen molar-refractivity contribution in [3.63, 3.8) is 0 Å². The van der Waals surface area contributed by atoms with Gasteiger partial charge in [0.15, 0.2) is 0 Å². The summed E-state index contributed by atoms with van der Waals surface area (Å²) >= 11 is 0.